The lowest BCUT2D eigenvalue weighted by Gasteiger charge is -2.01. The van der Waals surface area contributed by atoms with Crippen molar-refractivity contribution in [2.24, 2.45) is 0 Å². The van der Waals surface area contributed by atoms with Crippen LogP contribution in [0, 0.1) is 0 Å². The van der Waals surface area contributed by atoms with E-state index in [1.165, 1.54) is 19.3 Å². The van der Waals surface area contributed by atoms with Gasteiger partial charge in [-0.05, 0) is 19.3 Å². The molecule has 0 bridgehead atoms. The van der Waals surface area contributed by atoms with Crippen molar-refractivity contribution >= 4 is 11.8 Å². The molecule has 0 spiro atoms. The summed E-state index contributed by atoms with van der Waals surface area (Å²) < 4.78 is 0. The molecule has 0 aromatic heterocycles. The van der Waals surface area contributed by atoms with Crippen molar-refractivity contribution in [1.82, 2.24) is 0 Å². The van der Waals surface area contributed by atoms with Crippen LogP contribution in [-0.4, -0.2) is 16.9 Å². The van der Waals surface area contributed by atoms with Gasteiger partial charge in [0.05, 0.1) is 0 Å². The van der Waals surface area contributed by atoms with Gasteiger partial charge in [-0.3, -0.25) is 9.59 Å². The second-order valence-electron chi connectivity index (χ2n) is 5.01. The van der Waals surface area contributed by atoms with Crippen LogP contribution < -0.4 is 0 Å². The zero-order valence-electron chi connectivity index (χ0n) is 11.7. The number of aliphatic carboxylic acids is 1. The molecule has 0 unspecified atom stereocenters. The van der Waals surface area contributed by atoms with Crippen molar-refractivity contribution in [3.8, 4) is 0 Å². The Kier molecular flexibility index (Phi) is 12.0. The molecule has 0 aliphatic carbocycles. The third-order valence-corrected chi connectivity index (χ3v) is 3.16. The van der Waals surface area contributed by atoms with Crippen LogP contribution in [0.4, 0.5) is 0 Å². The van der Waals surface area contributed by atoms with E-state index < -0.39 is 5.97 Å². The van der Waals surface area contributed by atoms with Gasteiger partial charge < -0.3 is 5.11 Å². The fourth-order valence-electron chi connectivity index (χ4n) is 2.00. The molecule has 0 heterocycles. The van der Waals surface area contributed by atoms with Crippen LogP contribution in [0.1, 0.15) is 84.0 Å². The van der Waals surface area contributed by atoms with Crippen molar-refractivity contribution in [1.29, 1.82) is 0 Å². The number of hydrogen-bond acceptors (Lipinski definition) is 2. The Labute approximate surface area is 111 Å². The van der Waals surface area contributed by atoms with Crippen molar-refractivity contribution in [3.05, 3.63) is 0 Å². The van der Waals surface area contributed by atoms with E-state index in [9.17, 15) is 9.59 Å². The SMILES string of the molecule is CCCCCCC(=O)CCCCCCCC(=O)O. The van der Waals surface area contributed by atoms with Gasteiger partial charge in [0.15, 0.2) is 0 Å². The quantitative estimate of drug-likeness (QED) is 0.499. The summed E-state index contributed by atoms with van der Waals surface area (Å²) in [6.07, 6.45) is 11.2. The van der Waals surface area contributed by atoms with E-state index in [1.807, 2.05) is 0 Å². The lowest BCUT2D eigenvalue weighted by molar-refractivity contribution is -0.137. The number of rotatable bonds is 13. The summed E-state index contributed by atoms with van der Waals surface area (Å²) >= 11 is 0. The number of Topliss-reactive ketones (excluding diaryl/α,β-unsaturated/α-hetero) is 1. The van der Waals surface area contributed by atoms with E-state index in [0.29, 0.717) is 12.2 Å². The molecule has 0 amide bonds. The summed E-state index contributed by atoms with van der Waals surface area (Å²) in [6.45, 7) is 2.17. The molecular formula is C15H28O3. The molecule has 0 aliphatic rings. The van der Waals surface area contributed by atoms with Crippen LogP contribution >= 0.6 is 0 Å². The van der Waals surface area contributed by atoms with Gasteiger partial charge in [-0.25, -0.2) is 0 Å². The summed E-state index contributed by atoms with van der Waals surface area (Å²) in [5.41, 5.74) is 0. The van der Waals surface area contributed by atoms with Crippen molar-refractivity contribution < 1.29 is 14.7 Å². The number of carbonyl (C=O) groups excluding carboxylic acids is 1. The average Bonchev–Trinajstić information content (AvgIpc) is 2.33. The normalized spacial score (nSPS) is 10.5. The largest absolute Gasteiger partial charge is 0.481 e. The topological polar surface area (TPSA) is 54.4 Å². The summed E-state index contributed by atoms with van der Waals surface area (Å²) in [7, 11) is 0. The Morgan fingerprint density at radius 1 is 0.722 bits per heavy atom. The van der Waals surface area contributed by atoms with Gasteiger partial charge in [0.2, 0.25) is 0 Å². The van der Waals surface area contributed by atoms with Crippen LogP contribution in [0.2, 0.25) is 0 Å². The second-order valence-corrected chi connectivity index (χ2v) is 5.01. The monoisotopic (exact) mass is 256 g/mol. The maximum atomic E-state index is 11.5. The van der Waals surface area contributed by atoms with Gasteiger partial charge in [-0.1, -0.05) is 45.4 Å². The van der Waals surface area contributed by atoms with Crippen LogP contribution in [0.15, 0.2) is 0 Å². The molecule has 18 heavy (non-hydrogen) atoms. The van der Waals surface area contributed by atoms with Crippen LogP contribution in [-0.2, 0) is 9.59 Å². The first-order chi connectivity index (χ1) is 8.66. The number of hydrogen-bond donors (Lipinski definition) is 1. The Morgan fingerprint density at radius 2 is 1.17 bits per heavy atom. The highest BCUT2D eigenvalue weighted by atomic mass is 16.4. The third kappa shape index (κ3) is 13.2. The number of unbranched alkanes of at least 4 members (excludes halogenated alkanes) is 7. The highest BCUT2D eigenvalue weighted by molar-refractivity contribution is 5.78. The Hall–Kier alpha value is -0.860. The minimum Gasteiger partial charge on any atom is -0.481 e. The predicted molar refractivity (Wildman–Crippen MR) is 73.7 cm³/mol. The van der Waals surface area contributed by atoms with Gasteiger partial charge in [-0.15, -0.1) is 0 Å². The van der Waals surface area contributed by atoms with E-state index in [1.54, 1.807) is 0 Å². The molecule has 0 aromatic rings. The van der Waals surface area contributed by atoms with Crippen molar-refractivity contribution in [2.75, 3.05) is 0 Å². The highest BCUT2D eigenvalue weighted by Gasteiger charge is 2.02. The summed E-state index contributed by atoms with van der Waals surface area (Å²) in [5, 5.41) is 8.46. The van der Waals surface area contributed by atoms with E-state index in [-0.39, 0.29) is 6.42 Å². The molecule has 106 valence electrons. The molecule has 3 nitrogen and oxygen atoms in total. The molecule has 0 fully saturated rings. The minimum atomic E-state index is -0.711. The maximum absolute atomic E-state index is 11.5. The molecule has 0 saturated heterocycles. The van der Waals surface area contributed by atoms with Gasteiger partial charge in [-0.2, -0.15) is 0 Å². The molecule has 0 radical (unpaired) electrons. The van der Waals surface area contributed by atoms with Gasteiger partial charge in [0.25, 0.3) is 0 Å². The Balaban J connectivity index is 3.17. The van der Waals surface area contributed by atoms with Crippen molar-refractivity contribution in [3.63, 3.8) is 0 Å². The zero-order valence-corrected chi connectivity index (χ0v) is 11.7. The molecular weight excluding hydrogens is 228 g/mol. The molecule has 0 aromatic carbocycles. The molecule has 0 aliphatic heterocycles. The lowest BCUT2D eigenvalue weighted by atomic mass is 10.0. The summed E-state index contributed by atoms with van der Waals surface area (Å²) in [5.74, 6) is -0.311. The maximum Gasteiger partial charge on any atom is 0.303 e. The molecule has 1 N–H and O–H groups in total. The average molecular weight is 256 g/mol. The number of carboxylic acids is 1. The van der Waals surface area contributed by atoms with E-state index in [2.05, 4.69) is 6.92 Å². The second kappa shape index (κ2) is 12.6. The first-order valence-corrected chi connectivity index (χ1v) is 7.40. The number of carboxylic acid groups (broad SMARTS) is 1. The molecule has 0 atom stereocenters. The minimum absolute atomic E-state index is 0.274. The van der Waals surface area contributed by atoms with Gasteiger partial charge in [0.1, 0.15) is 5.78 Å². The highest BCUT2D eigenvalue weighted by Crippen LogP contribution is 2.10. The molecule has 3 heteroatoms. The predicted octanol–water partition coefficient (Wildman–Crippen LogP) is 4.34. The van der Waals surface area contributed by atoms with Crippen molar-refractivity contribution in [2.45, 2.75) is 84.0 Å². The van der Waals surface area contributed by atoms with Gasteiger partial charge >= 0.3 is 5.97 Å². The molecule has 0 saturated carbocycles. The fraction of sp³-hybridized carbons (Fsp3) is 0.867. The smallest absolute Gasteiger partial charge is 0.303 e. The van der Waals surface area contributed by atoms with Crippen LogP contribution in [0.3, 0.4) is 0 Å². The third-order valence-electron chi connectivity index (χ3n) is 3.16. The number of carbonyl (C=O) groups is 2. The Bertz CT molecular complexity index is 224. The summed E-state index contributed by atoms with van der Waals surface area (Å²) in [4.78, 5) is 21.8. The first kappa shape index (κ1) is 17.1. The van der Waals surface area contributed by atoms with E-state index >= 15 is 0 Å². The van der Waals surface area contributed by atoms with Gasteiger partial charge in [0, 0.05) is 19.3 Å². The Morgan fingerprint density at radius 3 is 1.67 bits per heavy atom. The lowest BCUT2D eigenvalue weighted by Crippen LogP contribution is -1.98. The molecule has 0 rings (SSSR count). The first-order valence-electron chi connectivity index (χ1n) is 7.40. The fourth-order valence-corrected chi connectivity index (χ4v) is 2.00. The van der Waals surface area contributed by atoms with Crippen LogP contribution in [0.5, 0.6) is 0 Å². The number of ketones is 1. The van der Waals surface area contributed by atoms with E-state index in [0.717, 1.165) is 44.9 Å². The van der Waals surface area contributed by atoms with E-state index in [4.69, 9.17) is 5.11 Å². The summed E-state index contributed by atoms with van der Waals surface area (Å²) in [6, 6.07) is 0. The zero-order chi connectivity index (χ0) is 13.6. The standard InChI is InChI=1S/C15H28O3/c1-2-3-4-8-11-14(16)12-9-6-5-7-10-13-15(17)18/h2-13H2,1H3,(H,17,18). The van der Waals surface area contributed by atoms with Crippen LogP contribution in [0.25, 0.3) is 0 Å².